The first-order chi connectivity index (χ1) is 10.8. The van der Waals surface area contributed by atoms with E-state index in [4.69, 9.17) is 5.11 Å². The van der Waals surface area contributed by atoms with E-state index in [0.717, 1.165) is 4.88 Å². The first-order valence-corrected chi connectivity index (χ1v) is 8.93. The largest absolute Gasteiger partial charge is 0.481 e. The van der Waals surface area contributed by atoms with Crippen LogP contribution in [0.15, 0.2) is 17.5 Å². The van der Waals surface area contributed by atoms with Crippen LogP contribution in [0, 0.1) is 11.3 Å². The van der Waals surface area contributed by atoms with Gasteiger partial charge >= 0.3 is 5.97 Å². The Morgan fingerprint density at radius 1 is 1.38 bits per heavy atom. The lowest BCUT2D eigenvalue weighted by Crippen LogP contribution is -2.45. The van der Waals surface area contributed by atoms with Crippen LogP contribution >= 0.6 is 23.7 Å². The molecular weight excluding hydrogens is 348 g/mol. The minimum atomic E-state index is -0.723. The van der Waals surface area contributed by atoms with Gasteiger partial charge in [0.05, 0.1) is 18.5 Å². The summed E-state index contributed by atoms with van der Waals surface area (Å²) in [4.78, 5) is 26.6. The summed E-state index contributed by atoms with van der Waals surface area (Å²) < 4.78 is 0. The van der Waals surface area contributed by atoms with E-state index >= 15 is 0 Å². The normalized spacial score (nSPS) is 17.8. The van der Waals surface area contributed by atoms with E-state index in [1.54, 1.807) is 11.3 Å². The van der Waals surface area contributed by atoms with Gasteiger partial charge in [-0.15, -0.1) is 23.7 Å². The molecule has 5 nitrogen and oxygen atoms in total. The zero-order valence-corrected chi connectivity index (χ0v) is 16.1. The third kappa shape index (κ3) is 5.76. The third-order valence-corrected chi connectivity index (χ3v) is 5.24. The maximum atomic E-state index is 12.4. The molecule has 1 saturated heterocycles. The molecule has 2 rings (SSSR count). The van der Waals surface area contributed by atoms with Gasteiger partial charge in [-0.1, -0.05) is 26.8 Å². The number of carboxylic acid groups (broad SMARTS) is 1. The summed E-state index contributed by atoms with van der Waals surface area (Å²) in [6, 6.07) is 4.05. The van der Waals surface area contributed by atoms with E-state index in [1.807, 2.05) is 16.3 Å². The van der Waals surface area contributed by atoms with Gasteiger partial charge in [-0.25, -0.2) is 0 Å². The van der Waals surface area contributed by atoms with E-state index in [0.29, 0.717) is 32.5 Å². The number of carboxylic acids is 1. The molecule has 7 heteroatoms. The molecule has 1 unspecified atom stereocenters. The van der Waals surface area contributed by atoms with Crippen molar-refractivity contribution >= 4 is 35.6 Å². The molecular formula is C17H27ClN2O3S. The van der Waals surface area contributed by atoms with Gasteiger partial charge in [0.2, 0.25) is 5.91 Å². The number of halogens is 1. The number of likely N-dealkylation sites (tertiary alicyclic amines) is 1. The predicted molar refractivity (Wildman–Crippen MR) is 98.7 cm³/mol. The highest BCUT2D eigenvalue weighted by atomic mass is 35.5. The van der Waals surface area contributed by atoms with Crippen LogP contribution in [0.5, 0.6) is 0 Å². The van der Waals surface area contributed by atoms with Crippen molar-refractivity contribution in [2.75, 3.05) is 19.6 Å². The van der Waals surface area contributed by atoms with Crippen LogP contribution in [-0.4, -0.2) is 41.5 Å². The molecule has 1 fully saturated rings. The Kier molecular flexibility index (Phi) is 7.70. The molecule has 1 aliphatic heterocycles. The van der Waals surface area contributed by atoms with E-state index in [9.17, 15) is 9.59 Å². The lowest BCUT2D eigenvalue weighted by atomic mass is 9.85. The maximum Gasteiger partial charge on any atom is 0.306 e. The van der Waals surface area contributed by atoms with Crippen molar-refractivity contribution < 1.29 is 14.7 Å². The van der Waals surface area contributed by atoms with Crippen LogP contribution in [0.25, 0.3) is 0 Å². The minimum absolute atomic E-state index is 0. The maximum absolute atomic E-state index is 12.4. The number of nitrogens with zero attached hydrogens (tertiary/aromatic N) is 1. The average Bonchev–Trinajstić information content (AvgIpc) is 2.98. The van der Waals surface area contributed by atoms with Gasteiger partial charge in [-0.3, -0.25) is 14.5 Å². The van der Waals surface area contributed by atoms with Crippen molar-refractivity contribution in [1.29, 1.82) is 0 Å². The number of hydrogen-bond acceptors (Lipinski definition) is 4. The van der Waals surface area contributed by atoms with Gasteiger partial charge in [0.25, 0.3) is 0 Å². The van der Waals surface area contributed by atoms with Crippen molar-refractivity contribution in [2.45, 2.75) is 39.7 Å². The van der Waals surface area contributed by atoms with Crippen LogP contribution in [0.3, 0.4) is 0 Å². The van der Waals surface area contributed by atoms with Gasteiger partial charge in [0.15, 0.2) is 0 Å². The summed E-state index contributed by atoms with van der Waals surface area (Å²) in [6.07, 6.45) is 1.24. The second kappa shape index (κ2) is 8.83. The molecule has 0 spiro atoms. The zero-order chi connectivity index (χ0) is 17.0. The Hall–Kier alpha value is -1.11. The second-order valence-electron chi connectivity index (χ2n) is 7.27. The topological polar surface area (TPSA) is 69.6 Å². The molecule has 0 bridgehead atoms. The van der Waals surface area contributed by atoms with Gasteiger partial charge in [0, 0.05) is 4.88 Å². The molecule has 0 aromatic carbocycles. The zero-order valence-electron chi connectivity index (χ0n) is 14.4. The molecule has 1 amide bonds. The highest BCUT2D eigenvalue weighted by molar-refractivity contribution is 7.10. The lowest BCUT2D eigenvalue weighted by Gasteiger charge is -2.33. The molecule has 1 aromatic heterocycles. The van der Waals surface area contributed by atoms with Crippen LogP contribution in [0.4, 0.5) is 0 Å². The average molecular weight is 375 g/mol. The molecule has 2 N–H and O–H groups in total. The number of carbonyl (C=O) groups is 2. The molecule has 136 valence electrons. The molecule has 1 atom stereocenters. The Balaban J connectivity index is 0.00000288. The highest BCUT2D eigenvalue weighted by Gasteiger charge is 2.30. The molecule has 0 aliphatic carbocycles. The standard InChI is InChI=1S/C17H26N2O3S.ClH/c1-17(2,3)15(13-5-4-10-23-13)18-14(20)11-19-8-6-12(7-9-19)16(21)22;/h4-5,10,12,15H,6-9,11H2,1-3H3,(H,18,20)(H,21,22);1H. The van der Waals surface area contributed by atoms with E-state index in [1.165, 1.54) is 0 Å². The number of amides is 1. The molecule has 1 aliphatic rings. The summed E-state index contributed by atoms with van der Waals surface area (Å²) >= 11 is 1.66. The molecule has 2 heterocycles. The number of piperidine rings is 1. The van der Waals surface area contributed by atoms with Gasteiger partial charge in [-0.05, 0) is 42.8 Å². The van der Waals surface area contributed by atoms with Crippen molar-refractivity contribution in [3.05, 3.63) is 22.4 Å². The number of thiophene rings is 1. The van der Waals surface area contributed by atoms with E-state index < -0.39 is 5.97 Å². The SMILES string of the molecule is CC(C)(C)C(NC(=O)CN1CCC(C(=O)O)CC1)c1cccs1.Cl. The number of nitrogens with one attached hydrogen (secondary N) is 1. The first-order valence-electron chi connectivity index (χ1n) is 8.05. The Bertz CT molecular complexity index is 535. The number of rotatable bonds is 5. The number of carbonyl (C=O) groups excluding carboxylic acids is 1. The Labute approximate surface area is 153 Å². The summed E-state index contributed by atoms with van der Waals surface area (Å²) in [5, 5.41) is 14.2. The Morgan fingerprint density at radius 3 is 2.46 bits per heavy atom. The van der Waals surface area contributed by atoms with Gasteiger partial charge < -0.3 is 10.4 Å². The molecule has 0 saturated carbocycles. The van der Waals surface area contributed by atoms with Crippen molar-refractivity contribution in [1.82, 2.24) is 10.2 Å². The predicted octanol–water partition coefficient (Wildman–Crippen LogP) is 3.17. The fraction of sp³-hybridized carbons (Fsp3) is 0.647. The quantitative estimate of drug-likeness (QED) is 0.830. The molecule has 24 heavy (non-hydrogen) atoms. The van der Waals surface area contributed by atoms with Crippen molar-refractivity contribution in [3.63, 3.8) is 0 Å². The minimum Gasteiger partial charge on any atom is -0.481 e. The fourth-order valence-electron chi connectivity index (χ4n) is 2.92. The summed E-state index contributed by atoms with van der Waals surface area (Å²) in [5.74, 6) is -0.977. The summed E-state index contributed by atoms with van der Waals surface area (Å²) in [6.45, 7) is 8.04. The Morgan fingerprint density at radius 2 is 2.00 bits per heavy atom. The van der Waals surface area contributed by atoms with Crippen LogP contribution in [0.1, 0.15) is 44.5 Å². The van der Waals surface area contributed by atoms with Gasteiger partial charge in [0.1, 0.15) is 0 Å². The van der Waals surface area contributed by atoms with E-state index in [-0.39, 0.29) is 35.7 Å². The van der Waals surface area contributed by atoms with E-state index in [2.05, 4.69) is 32.2 Å². The molecule has 1 aromatic rings. The fourth-order valence-corrected chi connectivity index (χ4v) is 3.94. The van der Waals surface area contributed by atoms with Crippen LogP contribution in [0.2, 0.25) is 0 Å². The second-order valence-corrected chi connectivity index (χ2v) is 8.25. The smallest absolute Gasteiger partial charge is 0.306 e. The summed E-state index contributed by atoms with van der Waals surface area (Å²) in [5.41, 5.74) is -0.0587. The first kappa shape index (κ1) is 20.9. The molecule has 0 radical (unpaired) electrons. The summed E-state index contributed by atoms with van der Waals surface area (Å²) in [7, 11) is 0. The van der Waals surface area contributed by atoms with Crippen LogP contribution in [-0.2, 0) is 9.59 Å². The van der Waals surface area contributed by atoms with Gasteiger partial charge in [-0.2, -0.15) is 0 Å². The van der Waals surface area contributed by atoms with Crippen molar-refractivity contribution in [3.8, 4) is 0 Å². The van der Waals surface area contributed by atoms with Crippen molar-refractivity contribution in [2.24, 2.45) is 11.3 Å². The number of hydrogen-bond donors (Lipinski definition) is 2. The lowest BCUT2D eigenvalue weighted by molar-refractivity contribution is -0.143. The highest BCUT2D eigenvalue weighted by Crippen LogP contribution is 2.35. The monoisotopic (exact) mass is 374 g/mol. The number of aliphatic carboxylic acids is 1. The third-order valence-electron chi connectivity index (χ3n) is 4.30. The van der Waals surface area contributed by atoms with Crippen LogP contribution < -0.4 is 5.32 Å².